The van der Waals surface area contributed by atoms with E-state index in [0.717, 1.165) is 42.8 Å². The number of pyridine rings is 1. The van der Waals surface area contributed by atoms with Gasteiger partial charge in [0.2, 0.25) is 0 Å². The average molecular weight is 231 g/mol. The molecule has 5 nitrogen and oxygen atoms in total. The van der Waals surface area contributed by atoms with E-state index in [0.29, 0.717) is 6.04 Å². The maximum Gasteiger partial charge on any atom is 0.160 e. The Morgan fingerprint density at radius 1 is 1.53 bits per heavy atom. The summed E-state index contributed by atoms with van der Waals surface area (Å²) in [5.74, 6) is 0. The molecule has 0 saturated carbocycles. The normalized spacial score (nSPS) is 16.1. The van der Waals surface area contributed by atoms with E-state index in [1.54, 1.807) is 0 Å². The van der Waals surface area contributed by atoms with E-state index in [4.69, 9.17) is 0 Å². The van der Waals surface area contributed by atoms with Gasteiger partial charge >= 0.3 is 0 Å². The van der Waals surface area contributed by atoms with Crippen molar-refractivity contribution in [1.82, 2.24) is 20.1 Å². The Labute approximate surface area is 100 Å². The number of rotatable bonds is 4. The van der Waals surface area contributed by atoms with Crippen LogP contribution in [-0.2, 0) is 0 Å². The molecular formula is C12H17N5. The quantitative estimate of drug-likeness (QED) is 0.835. The van der Waals surface area contributed by atoms with Crippen molar-refractivity contribution in [3.05, 3.63) is 18.5 Å². The van der Waals surface area contributed by atoms with Crippen LogP contribution in [0, 0.1) is 0 Å². The van der Waals surface area contributed by atoms with Crippen molar-refractivity contribution in [2.24, 2.45) is 0 Å². The average Bonchev–Trinajstić information content (AvgIpc) is 2.69. The van der Waals surface area contributed by atoms with Crippen molar-refractivity contribution < 1.29 is 0 Å². The van der Waals surface area contributed by atoms with Crippen molar-refractivity contribution in [2.45, 2.75) is 19.4 Å². The third-order valence-electron chi connectivity index (χ3n) is 3.17. The molecule has 1 aliphatic rings. The highest BCUT2D eigenvalue weighted by molar-refractivity contribution is 5.88. The van der Waals surface area contributed by atoms with Crippen LogP contribution in [0.1, 0.15) is 19.4 Å². The van der Waals surface area contributed by atoms with E-state index in [2.05, 4.69) is 27.6 Å². The molecule has 0 radical (unpaired) electrons. The molecule has 0 atom stereocenters. The highest BCUT2D eigenvalue weighted by Gasteiger charge is 2.22. The number of nitrogens with one attached hydrogen (secondary N) is 2. The van der Waals surface area contributed by atoms with Crippen molar-refractivity contribution in [2.75, 3.05) is 25.0 Å². The number of aromatic nitrogens is 3. The first kappa shape index (κ1) is 10.5. The van der Waals surface area contributed by atoms with Crippen LogP contribution < -0.4 is 10.6 Å². The first-order chi connectivity index (χ1) is 8.40. The lowest BCUT2D eigenvalue weighted by molar-refractivity contribution is 0.325. The number of nitrogens with zero attached hydrogens (tertiary/aromatic N) is 3. The second kappa shape index (κ2) is 4.33. The molecule has 0 aliphatic carbocycles. The van der Waals surface area contributed by atoms with Gasteiger partial charge in [-0.15, -0.1) is 0 Å². The molecule has 1 saturated heterocycles. The molecule has 0 spiro atoms. The van der Waals surface area contributed by atoms with Crippen molar-refractivity contribution in [3.8, 4) is 0 Å². The van der Waals surface area contributed by atoms with Crippen LogP contribution in [-0.4, -0.2) is 34.4 Å². The van der Waals surface area contributed by atoms with Gasteiger partial charge in [-0.3, -0.25) is 0 Å². The molecule has 1 fully saturated rings. The van der Waals surface area contributed by atoms with Gasteiger partial charge in [0, 0.05) is 31.5 Å². The lowest BCUT2D eigenvalue weighted by Crippen LogP contribution is -2.43. The zero-order chi connectivity index (χ0) is 11.7. The Bertz CT molecular complexity index is 515. The maximum absolute atomic E-state index is 4.46. The van der Waals surface area contributed by atoms with Gasteiger partial charge in [0.15, 0.2) is 5.65 Å². The molecule has 1 aliphatic heterocycles. The van der Waals surface area contributed by atoms with Crippen LogP contribution in [0.25, 0.3) is 11.0 Å². The molecular weight excluding hydrogens is 214 g/mol. The summed E-state index contributed by atoms with van der Waals surface area (Å²) in [5, 5.41) is 12.3. The van der Waals surface area contributed by atoms with Crippen molar-refractivity contribution in [1.29, 1.82) is 0 Å². The fraction of sp³-hybridized carbons (Fsp3) is 0.500. The summed E-state index contributed by atoms with van der Waals surface area (Å²) in [6.07, 6.45) is 4.88. The first-order valence-corrected chi connectivity index (χ1v) is 6.17. The van der Waals surface area contributed by atoms with Crippen LogP contribution in [0.3, 0.4) is 0 Å². The summed E-state index contributed by atoms with van der Waals surface area (Å²) in [7, 11) is 0. The largest absolute Gasteiger partial charge is 0.384 e. The topological polar surface area (TPSA) is 54.8 Å². The summed E-state index contributed by atoms with van der Waals surface area (Å²) >= 11 is 0. The van der Waals surface area contributed by atoms with Gasteiger partial charge in [-0.1, -0.05) is 6.92 Å². The van der Waals surface area contributed by atoms with E-state index < -0.39 is 0 Å². The number of hydrogen-bond acceptors (Lipinski definition) is 4. The van der Waals surface area contributed by atoms with E-state index in [9.17, 15) is 0 Å². The zero-order valence-corrected chi connectivity index (χ0v) is 9.98. The minimum atomic E-state index is 0.460. The van der Waals surface area contributed by atoms with Gasteiger partial charge in [0.25, 0.3) is 0 Å². The van der Waals surface area contributed by atoms with Crippen LogP contribution in [0.4, 0.5) is 5.69 Å². The summed E-state index contributed by atoms with van der Waals surface area (Å²) < 4.78 is 2.03. The molecule has 2 aromatic rings. The number of hydrogen-bond donors (Lipinski definition) is 2. The molecule has 3 rings (SSSR count). The van der Waals surface area contributed by atoms with Crippen LogP contribution in [0.2, 0.25) is 0 Å². The molecule has 0 aromatic carbocycles. The lowest BCUT2D eigenvalue weighted by Gasteiger charge is -2.27. The van der Waals surface area contributed by atoms with E-state index >= 15 is 0 Å². The summed E-state index contributed by atoms with van der Waals surface area (Å²) in [6, 6.07) is 2.48. The molecule has 3 heterocycles. The molecule has 5 heteroatoms. The fourth-order valence-electron chi connectivity index (χ4n) is 2.07. The van der Waals surface area contributed by atoms with Crippen molar-refractivity contribution >= 4 is 16.7 Å². The molecule has 0 amide bonds. The minimum Gasteiger partial charge on any atom is -0.384 e. The zero-order valence-electron chi connectivity index (χ0n) is 9.98. The van der Waals surface area contributed by atoms with Crippen molar-refractivity contribution in [3.63, 3.8) is 0 Å². The Morgan fingerprint density at radius 2 is 2.41 bits per heavy atom. The highest BCUT2D eigenvalue weighted by atomic mass is 15.3. The fourth-order valence-corrected chi connectivity index (χ4v) is 2.07. The Morgan fingerprint density at radius 3 is 3.12 bits per heavy atom. The summed E-state index contributed by atoms with van der Waals surface area (Å²) in [4.78, 5) is 4.45. The maximum atomic E-state index is 4.46. The molecule has 2 aromatic heterocycles. The number of fused-ring (bicyclic) bond motifs is 1. The Hall–Kier alpha value is -1.62. The van der Waals surface area contributed by atoms with Gasteiger partial charge in [-0.05, 0) is 12.5 Å². The van der Waals surface area contributed by atoms with Gasteiger partial charge in [-0.2, -0.15) is 5.10 Å². The number of anilines is 1. The van der Waals surface area contributed by atoms with Crippen LogP contribution in [0.5, 0.6) is 0 Å². The molecule has 2 N–H and O–H groups in total. The third-order valence-corrected chi connectivity index (χ3v) is 3.17. The van der Waals surface area contributed by atoms with E-state index in [-0.39, 0.29) is 0 Å². The van der Waals surface area contributed by atoms with Gasteiger partial charge < -0.3 is 10.6 Å². The molecule has 0 bridgehead atoms. The second-order valence-electron chi connectivity index (χ2n) is 4.42. The highest BCUT2D eigenvalue weighted by Crippen LogP contribution is 2.24. The third kappa shape index (κ3) is 1.76. The second-order valence-corrected chi connectivity index (χ2v) is 4.42. The molecule has 0 unspecified atom stereocenters. The SMILES string of the molecule is CCCNc1ccnc2c1cnn2C1CNC1. The molecule has 17 heavy (non-hydrogen) atoms. The molecule has 90 valence electrons. The summed E-state index contributed by atoms with van der Waals surface area (Å²) in [5.41, 5.74) is 2.12. The lowest BCUT2D eigenvalue weighted by atomic mass is 10.2. The van der Waals surface area contributed by atoms with Crippen LogP contribution in [0.15, 0.2) is 18.5 Å². The van der Waals surface area contributed by atoms with E-state index in [1.807, 2.05) is 23.1 Å². The van der Waals surface area contributed by atoms with Crippen LogP contribution >= 0.6 is 0 Å². The minimum absolute atomic E-state index is 0.460. The van der Waals surface area contributed by atoms with Gasteiger partial charge in [0.05, 0.1) is 17.6 Å². The Balaban J connectivity index is 1.99. The standard InChI is InChI=1S/C12H17N5/c1-2-4-14-11-3-5-15-12-10(11)8-16-17(12)9-6-13-7-9/h3,5,8-9,13H,2,4,6-7H2,1H3,(H,14,15). The predicted molar refractivity (Wildman–Crippen MR) is 68.2 cm³/mol. The van der Waals surface area contributed by atoms with Gasteiger partial charge in [0.1, 0.15) is 0 Å². The monoisotopic (exact) mass is 231 g/mol. The predicted octanol–water partition coefficient (Wildman–Crippen LogP) is 1.40. The first-order valence-electron chi connectivity index (χ1n) is 6.17. The van der Waals surface area contributed by atoms with E-state index in [1.165, 1.54) is 0 Å². The Kier molecular flexibility index (Phi) is 2.68. The summed E-state index contributed by atoms with van der Waals surface area (Å²) in [6.45, 7) is 5.13. The smallest absolute Gasteiger partial charge is 0.160 e. The van der Waals surface area contributed by atoms with Gasteiger partial charge in [-0.25, -0.2) is 9.67 Å².